The first kappa shape index (κ1) is 48.9. The van der Waals surface area contributed by atoms with E-state index in [0.29, 0.717) is 6.42 Å². The third-order valence-corrected chi connectivity index (χ3v) is 10.8. The molecule has 1 N–H and O–H groups in total. The Kier molecular flexibility index (Phi) is 41.5. The van der Waals surface area contributed by atoms with Crippen molar-refractivity contribution in [1.29, 1.82) is 0 Å². The molecule has 0 aliphatic carbocycles. The molecule has 1 unspecified atom stereocenters. The average molecular weight is 707 g/mol. The Morgan fingerprint density at radius 1 is 0.360 bits per heavy atom. The van der Waals surface area contributed by atoms with Crippen LogP contribution in [0.1, 0.15) is 277 Å². The number of hydrogen-bond acceptors (Lipinski definition) is 3. The van der Waals surface area contributed by atoms with E-state index in [9.17, 15) is 9.59 Å². The van der Waals surface area contributed by atoms with Crippen molar-refractivity contribution in [1.82, 2.24) is 0 Å². The lowest BCUT2D eigenvalue weighted by atomic mass is 10.0. The molecule has 50 heavy (non-hydrogen) atoms. The monoisotopic (exact) mass is 707 g/mol. The lowest BCUT2D eigenvalue weighted by molar-refractivity contribution is -0.150. The van der Waals surface area contributed by atoms with Gasteiger partial charge in [0, 0.05) is 12.8 Å². The van der Waals surface area contributed by atoms with E-state index in [2.05, 4.69) is 13.8 Å². The summed E-state index contributed by atoms with van der Waals surface area (Å²) in [6, 6.07) is 0. The van der Waals surface area contributed by atoms with Crippen molar-refractivity contribution in [3.8, 4) is 0 Å². The van der Waals surface area contributed by atoms with Gasteiger partial charge in [-0.2, -0.15) is 0 Å². The Hall–Kier alpha value is -1.06. The molecule has 0 saturated heterocycles. The highest BCUT2D eigenvalue weighted by Crippen LogP contribution is 2.20. The van der Waals surface area contributed by atoms with Crippen molar-refractivity contribution in [2.45, 2.75) is 283 Å². The summed E-state index contributed by atoms with van der Waals surface area (Å²) in [5, 5.41) is 8.81. The number of carboxylic acid groups (broad SMARTS) is 1. The molecule has 0 saturated carbocycles. The fraction of sp³-hybridized carbons (Fsp3) is 0.957. The van der Waals surface area contributed by atoms with Crippen molar-refractivity contribution < 1.29 is 19.4 Å². The maximum atomic E-state index is 12.7. The fourth-order valence-corrected chi connectivity index (χ4v) is 7.42. The number of unbranched alkanes of at least 4 members (excludes halogenated alkanes) is 34. The van der Waals surface area contributed by atoms with Gasteiger partial charge in [-0.05, 0) is 38.5 Å². The molecular weight excluding hydrogens is 617 g/mol. The Morgan fingerprint density at radius 3 is 0.880 bits per heavy atom. The number of hydrogen-bond donors (Lipinski definition) is 1. The third-order valence-electron chi connectivity index (χ3n) is 10.8. The van der Waals surface area contributed by atoms with Gasteiger partial charge in [0.2, 0.25) is 0 Å². The Bertz CT molecular complexity index is 677. The minimum Gasteiger partial charge on any atom is -0.481 e. The second kappa shape index (κ2) is 42.4. The van der Waals surface area contributed by atoms with Gasteiger partial charge in [0.25, 0.3) is 0 Å². The molecule has 0 heterocycles. The standard InChI is InChI=1S/C46H90O4/c1-3-5-7-9-11-13-15-17-18-19-20-21-22-23-25-27-29-35-39-43-46(49)50-44(41-37-33-30-31-34-38-42-45(47)48)40-36-32-28-26-24-16-14-12-10-8-6-4-2/h44H,3-43H2,1-2H3,(H,47,48). The molecule has 0 aromatic rings. The summed E-state index contributed by atoms with van der Waals surface area (Å²) < 4.78 is 6.05. The van der Waals surface area contributed by atoms with Crippen LogP contribution in [0.15, 0.2) is 0 Å². The second-order valence-corrected chi connectivity index (χ2v) is 16.0. The normalized spacial score (nSPS) is 12.0. The third kappa shape index (κ3) is 41.4. The van der Waals surface area contributed by atoms with Crippen LogP contribution in [0.25, 0.3) is 0 Å². The molecule has 0 aromatic heterocycles. The molecule has 0 rings (SSSR count). The smallest absolute Gasteiger partial charge is 0.306 e. The quantitative estimate of drug-likeness (QED) is 0.0506. The van der Waals surface area contributed by atoms with Gasteiger partial charge in [0.1, 0.15) is 6.10 Å². The topological polar surface area (TPSA) is 63.6 Å². The Balaban J connectivity index is 3.92. The maximum Gasteiger partial charge on any atom is 0.306 e. The van der Waals surface area contributed by atoms with Crippen LogP contribution in [0, 0.1) is 0 Å². The van der Waals surface area contributed by atoms with E-state index in [-0.39, 0.29) is 18.5 Å². The van der Waals surface area contributed by atoms with Gasteiger partial charge >= 0.3 is 11.9 Å². The van der Waals surface area contributed by atoms with Gasteiger partial charge in [0.05, 0.1) is 0 Å². The number of carbonyl (C=O) groups excluding carboxylic acids is 1. The highest BCUT2D eigenvalue weighted by molar-refractivity contribution is 5.69. The number of ether oxygens (including phenoxy) is 1. The molecule has 0 radical (unpaired) electrons. The highest BCUT2D eigenvalue weighted by atomic mass is 16.5. The van der Waals surface area contributed by atoms with Crippen LogP contribution in [0.3, 0.4) is 0 Å². The van der Waals surface area contributed by atoms with E-state index in [0.717, 1.165) is 64.2 Å². The van der Waals surface area contributed by atoms with Crippen LogP contribution in [-0.2, 0) is 14.3 Å². The minimum atomic E-state index is -0.687. The lowest BCUT2D eigenvalue weighted by Crippen LogP contribution is -2.18. The molecule has 4 nitrogen and oxygen atoms in total. The molecule has 0 spiro atoms. The van der Waals surface area contributed by atoms with Crippen LogP contribution >= 0.6 is 0 Å². The minimum absolute atomic E-state index is 0.0228. The number of carboxylic acids is 1. The number of esters is 1. The molecule has 0 aromatic carbocycles. The number of aliphatic carboxylic acids is 1. The van der Waals surface area contributed by atoms with Crippen LogP contribution < -0.4 is 0 Å². The fourth-order valence-electron chi connectivity index (χ4n) is 7.42. The van der Waals surface area contributed by atoms with Crippen LogP contribution in [-0.4, -0.2) is 23.1 Å². The Morgan fingerprint density at radius 2 is 0.600 bits per heavy atom. The maximum absolute atomic E-state index is 12.7. The molecule has 0 aliphatic heterocycles. The largest absolute Gasteiger partial charge is 0.481 e. The molecule has 4 heteroatoms. The molecule has 298 valence electrons. The molecule has 0 fully saturated rings. The van der Waals surface area contributed by atoms with Gasteiger partial charge in [0.15, 0.2) is 0 Å². The van der Waals surface area contributed by atoms with Crippen LogP contribution in [0.5, 0.6) is 0 Å². The summed E-state index contributed by atoms with van der Waals surface area (Å²) in [6.07, 6.45) is 51.4. The lowest BCUT2D eigenvalue weighted by Gasteiger charge is -2.18. The number of rotatable bonds is 43. The Labute approximate surface area is 313 Å². The van der Waals surface area contributed by atoms with Gasteiger partial charge in [-0.1, -0.05) is 226 Å². The van der Waals surface area contributed by atoms with Crippen molar-refractivity contribution in [3.63, 3.8) is 0 Å². The zero-order valence-corrected chi connectivity index (χ0v) is 34.2. The molecule has 0 amide bonds. The number of carbonyl (C=O) groups is 2. The summed E-state index contributed by atoms with van der Waals surface area (Å²) in [6.45, 7) is 4.58. The van der Waals surface area contributed by atoms with Gasteiger partial charge in [-0.25, -0.2) is 0 Å². The highest BCUT2D eigenvalue weighted by Gasteiger charge is 2.14. The first-order chi connectivity index (χ1) is 24.6. The van der Waals surface area contributed by atoms with Gasteiger partial charge in [-0.15, -0.1) is 0 Å². The summed E-state index contributed by atoms with van der Waals surface area (Å²) in [4.78, 5) is 23.5. The van der Waals surface area contributed by atoms with Gasteiger partial charge < -0.3 is 9.84 Å². The van der Waals surface area contributed by atoms with Crippen molar-refractivity contribution >= 4 is 11.9 Å². The van der Waals surface area contributed by atoms with E-state index >= 15 is 0 Å². The van der Waals surface area contributed by atoms with E-state index in [1.807, 2.05) is 0 Å². The predicted molar refractivity (Wildman–Crippen MR) is 218 cm³/mol. The molecule has 0 bridgehead atoms. The summed E-state index contributed by atoms with van der Waals surface area (Å²) in [7, 11) is 0. The van der Waals surface area contributed by atoms with Crippen LogP contribution in [0.2, 0.25) is 0 Å². The molecule has 1 atom stereocenters. The zero-order chi connectivity index (χ0) is 36.4. The predicted octanol–water partition coefficient (Wildman–Crippen LogP) is 16.0. The summed E-state index contributed by atoms with van der Waals surface area (Å²) in [5.74, 6) is -0.665. The zero-order valence-electron chi connectivity index (χ0n) is 34.2. The van der Waals surface area contributed by atoms with Crippen LogP contribution in [0.4, 0.5) is 0 Å². The van der Waals surface area contributed by atoms with E-state index < -0.39 is 5.97 Å². The van der Waals surface area contributed by atoms with E-state index in [1.54, 1.807) is 0 Å². The van der Waals surface area contributed by atoms with Gasteiger partial charge in [-0.3, -0.25) is 9.59 Å². The first-order valence-electron chi connectivity index (χ1n) is 23.0. The van der Waals surface area contributed by atoms with Crippen molar-refractivity contribution in [3.05, 3.63) is 0 Å². The molecular formula is C46H90O4. The van der Waals surface area contributed by atoms with E-state index in [1.165, 1.54) is 186 Å². The molecule has 0 aliphatic rings. The summed E-state index contributed by atoms with van der Waals surface area (Å²) in [5.41, 5.74) is 0. The second-order valence-electron chi connectivity index (χ2n) is 16.0. The van der Waals surface area contributed by atoms with Crippen molar-refractivity contribution in [2.75, 3.05) is 0 Å². The SMILES string of the molecule is CCCCCCCCCCCCCCCCCCCCCC(=O)OC(CCCCCCCCCCCCCC)CCCCCCCCC(=O)O. The average Bonchev–Trinajstić information content (AvgIpc) is 3.10. The summed E-state index contributed by atoms with van der Waals surface area (Å²) >= 11 is 0. The van der Waals surface area contributed by atoms with Crippen molar-refractivity contribution in [2.24, 2.45) is 0 Å². The van der Waals surface area contributed by atoms with E-state index in [4.69, 9.17) is 9.84 Å². The first-order valence-corrected chi connectivity index (χ1v) is 23.0.